The van der Waals surface area contributed by atoms with Crippen molar-refractivity contribution in [2.24, 2.45) is 5.73 Å². The molecule has 6 nitrogen and oxygen atoms in total. The van der Waals surface area contributed by atoms with Gasteiger partial charge in [0.2, 0.25) is 0 Å². The van der Waals surface area contributed by atoms with Gasteiger partial charge in [0.1, 0.15) is 0 Å². The molecule has 1 aliphatic heterocycles. The second-order valence-corrected chi connectivity index (χ2v) is 4.53. The van der Waals surface area contributed by atoms with E-state index in [0.29, 0.717) is 32.2 Å². The molecule has 1 saturated heterocycles. The van der Waals surface area contributed by atoms with Gasteiger partial charge in [0, 0.05) is 32.2 Å². The summed E-state index contributed by atoms with van der Waals surface area (Å²) in [7, 11) is 4.08. The number of likely N-dealkylation sites (tertiary alicyclic amines) is 1. The fourth-order valence-corrected chi connectivity index (χ4v) is 1.99. The maximum atomic E-state index is 11.7. The third-order valence-corrected chi connectivity index (χ3v) is 3.11. The Labute approximate surface area is 102 Å². The van der Waals surface area contributed by atoms with Crippen LogP contribution in [0.1, 0.15) is 12.8 Å². The molecule has 3 N–H and O–H groups in total. The molecule has 1 fully saturated rings. The Morgan fingerprint density at radius 3 is 2.41 bits per heavy atom. The third-order valence-electron chi connectivity index (χ3n) is 3.11. The van der Waals surface area contributed by atoms with Crippen LogP contribution in [0, 0.1) is 0 Å². The molecule has 17 heavy (non-hydrogen) atoms. The van der Waals surface area contributed by atoms with Gasteiger partial charge in [-0.05, 0) is 26.9 Å². The summed E-state index contributed by atoms with van der Waals surface area (Å²) in [6, 6.07) is 0.506. The average molecular weight is 242 g/mol. The van der Waals surface area contributed by atoms with E-state index in [2.05, 4.69) is 10.2 Å². The first kappa shape index (κ1) is 13.9. The van der Waals surface area contributed by atoms with Crippen LogP contribution in [-0.2, 0) is 9.59 Å². The average Bonchev–Trinajstić information content (AvgIpc) is 2.35. The normalized spacial score (nSPS) is 17.3. The number of hydrogen-bond acceptors (Lipinski definition) is 4. The molecule has 0 aromatic carbocycles. The van der Waals surface area contributed by atoms with E-state index in [-0.39, 0.29) is 0 Å². The quantitative estimate of drug-likeness (QED) is 0.598. The molecule has 0 bridgehead atoms. The number of nitrogens with zero attached hydrogens (tertiary/aromatic N) is 2. The number of carbonyl (C=O) groups excluding carboxylic acids is 2. The molecule has 1 aliphatic rings. The maximum Gasteiger partial charge on any atom is 0.311 e. The van der Waals surface area contributed by atoms with Crippen LogP contribution in [0.2, 0.25) is 0 Å². The molecule has 0 aromatic rings. The van der Waals surface area contributed by atoms with Crippen LogP contribution >= 0.6 is 0 Å². The summed E-state index contributed by atoms with van der Waals surface area (Å²) in [5.74, 6) is -0.977. The van der Waals surface area contributed by atoms with Crippen LogP contribution in [0.25, 0.3) is 0 Å². The minimum Gasteiger partial charge on any atom is -0.347 e. The molecular weight excluding hydrogens is 220 g/mol. The highest BCUT2D eigenvalue weighted by molar-refractivity contribution is 6.35. The standard InChI is InChI=1S/C11H22N4O2/c1-14(2)9-3-7-15(8-4-9)11(17)10(16)13-6-5-12/h9H,3-8,12H2,1-2H3,(H,13,16). The highest BCUT2D eigenvalue weighted by Gasteiger charge is 2.27. The fourth-order valence-electron chi connectivity index (χ4n) is 1.99. The highest BCUT2D eigenvalue weighted by atomic mass is 16.2. The Morgan fingerprint density at radius 2 is 1.94 bits per heavy atom. The molecule has 0 saturated carbocycles. The van der Waals surface area contributed by atoms with Gasteiger partial charge in [0.25, 0.3) is 0 Å². The van der Waals surface area contributed by atoms with Crippen molar-refractivity contribution in [2.75, 3.05) is 40.3 Å². The van der Waals surface area contributed by atoms with Gasteiger partial charge in [-0.2, -0.15) is 0 Å². The van der Waals surface area contributed by atoms with Crippen molar-refractivity contribution in [3.05, 3.63) is 0 Å². The van der Waals surface area contributed by atoms with Crippen LogP contribution in [0.15, 0.2) is 0 Å². The SMILES string of the molecule is CN(C)C1CCN(C(=O)C(=O)NCCN)CC1. The lowest BCUT2D eigenvalue weighted by Crippen LogP contribution is -2.49. The molecular formula is C11H22N4O2. The second-order valence-electron chi connectivity index (χ2n) is 4.53. The Balaban J connectivity index is 2.37. The summed E-state index contributed by atoms with van der Waals surface area (Å²) < 4.78 is 0. The van der Waals surface area contributed by atoms with E-state index in [4.69, 9.17) is 5.73 Å². The number of nitrogens with two attached hydrogens (primary N) is 1. The Kier molecular flexibility index (Phi) is 5.37. The molecule has 0 radical (unpaired) electrons. The van der Waals surface area contributed by atoms with Crippen molar-refractivity contribution >= 4 is 11.8 Å². The van der Waals surface area contributed by atoms with Gasteiger partial charge in [-0.25, -0.2) is 0 Å². The summed E-state index contributed by atoms with van der Waals surface area (Å²) in [6.07, 6.45) is 1.84. The van der Waals surface area contributed by atoms with Gasteiger partial charge in [0.15, 0.2) is 0 Å². The second kappa shape index (κ2) is 6.56. The van der Waals surface area contributed by atoms with E-state index in [0.717, 1.165) is 12.8 Å². The molecule has 1 heterocycles. The Morgan fingerprint density at radius 1 is 1.35 bits per heavy atom. The predicted molar refractivity (Wildman–Crippen MR) is 65.4 cm³/mol. The van der Waals surface area contributed by atoms with Gasteiger partial charge in [0.05, 0.1) is 0 Å². The number of hydrogen-bond donors (Lipinski definition) is 2. The Bertz CT molecular complexity index is 273. The van der Waals surface area contributed by atoms with Crippen molar-refractivity contribution in [1.29, 1.82) is 0 Å². The molecule has 1 rings (SSSR count). The van der Waals surface area contributed by atoms with Crippen molar-refractivity contribution in [2.45, 2.75) is 18.9 Å². The smallest absolute Gasteiger partial charge is 0.311 e. The molecule has 0 atom stereocenters. The summed E-state index contributed by atoms with van der Waals surface area (Å²) >= 11 is 0. The van der Waals surface area contributed by atoms with Gasteiger partial charge in [-0.15, -0.1) is 0 Å². The maximum absolute atomic E-state index is 11.7. The lowest BCUT2D eigenvalue weighted by molar-refractivity contribution is -0.146. The first-order valence-electron chi connectivity index (χ1n) is 6.00. The molecule has 98 valence electrons. The highest BCUT2D eigenvalue weighted by Crippen LogP contribution is 2.13. The van der Waals surface area contributed by atoms with Gasteiger partial charge < -0.3 is 20.9 Å². The monoisotopic (exact) mass is 242 g/mol. The largest absolute Gasteiger partial charge is 0.347 e. The number of piperidine rings is 1. The zero-order chi connectivity index (χ0) is 12.8. The predicted octanol–water partition coefficient (Wildman–Crippen LogP) is -1.39. The minimum absolute atomic E-state index is 0.346. The topological polar surface area (TPSA) is 78.7 Å². The van der Waals surface area contributed by atoms with Crippen LogP contribution in [0.4, 0.5) is 0 Å². The van der Waals surface area contributed by atoms with E-state index >= 15 is 0 Å². The van der Waals surface area contributed by atoms with E-state index in [9.17, 15) is 9.59 Å². The molecule has 0 unspecified atom stereocenters. The minimum atomic E-state index is -0.543. The molecule has 0 spiro atoms. The summed E-state index contributed by atoms with van der Waals surface area (Å²) in [5.41, 5.74) is 5.26. The van der Waals surface area contributed by atoms with Crippen molar-refractivity contribution < 1.29 is 9.59 Å². The molecule has 0 aliphatic carbocycles. The zero-order valence-electron chi connectivity index (χ0n) is 10.6. The van der Waals surface area contributed by atoms with Gasteiger partial charge in [-0.1, -0.05) is 0 Å². The zero-order valence-corrected chi connectivity index (χ0v) is 10.6. The molecule has 0 aromatic heterocycles. The van der Waals surface area contributed by atoms with Crippen molar-refractivity contribution in [3.63, 3.8) is 0 Å². The van der Waals surface area contributed by atoms with Crippen molar-refractivity contribution in [1.82, 2.24) is 15.1 Å². The van der Waals surface area contributed by atoms with E-state index in [1.54, 1.807) is 4.90 Å². The lowest BCUT2D eigenvalue weighted by Gasteiger charge is -2.34. The lowest BCUT2D eigenvalue weighted by atomic mass is 10.0. The fraction of sp³-hybridized carbons (Fsp3) is 0.818. The van der Waals surface area contributed by atoms with E-state index in [1.165, 1.54) is 0 Å². The summed E-state index contributed by atoms with van der Waals surface area (Å²) in [6.45, 7) is 2.00. The summed E-state index contributed by atoms with van der Waals surface area (Å²) in [4.78, 5) is 27.0. The first-order valence-corrected chi connectivity index (χ1v) is 6.00. The van der Waals surface area contributed by atoms with Gasteiger partial charge in [-0.3, -0.25) is 9.59 Å². The van der Waals surface area contributed by atoms with Crippen LogP contribution in [-0.4, -0.2) is 67.9 Å². The Hall–Kier alpha value is -1.14. The number of amides is 2. The van der Waals surface area contributed by atoms with Crippen molar-refractivity contribution in [3.8, 4) is 0 Å². The molecule has 6 heteroatoms. The van der Waals surface area contributed by atoms with Crippen LogP contribution in [0.3, 0.4) is 0 Å². The van der Waals surface area contributed by atoms with Gasteiger partial charge >= 0.3 is 11.8 Å². The third kappa shape index (κ3) is 3.98. The number of carbonyl (C=O) groups is 2. The summed E-state index contributed by atoms with van der Waals surface area (Å²) in [5, 5.41) is 2.50. The number of rotatable bonds is 3. The van der Waals surface area contributed by atoms with E-state index < -0.39 is 11.8 Å². The van der Waals surface area contributed by atoms with Crippen LogP contribution in [0.5, 0.6) is 0 Å². The van der Waals surface area contributed by atoms with Crippen LogP contribution < -0.4 is 11.1 Å². The molecule has 2 amide bonds. The van der Waals surface area contributed by atoms with E-state index in [1.807, 2.05) is 14.1 Å². The number of nitrogens with one attached hydrogen (secondary N) is 1. The first-order chi connectivity index (χ1) is 8.06.